The summed E-state index contributed by atoms with van der Waals surface area (Å²) in [6.45, 7) is 3.55. The third kappa shape index (κ3) is 4.83. The quantitative estimate of drug-likeness (QED) is 0.398. The summed E-state index contributed by atoms with van der Waals surface area (Å²) in [5, 5.41) is 4.83. The number of amides is 2. The molecular formula is C30H28ClN5O2. The number of anilines is 3. The van der Waals surface area contributed by atoms with Crippen molar-refractivity contribution in [2.45, 2.75) is 6.42 Å². The molecule has 1 saturated heterocycles. The molecule has 7 nitrogen and oxygen atoms in total. The number of carbonyl (C=O) groups is 2. The Bertz CT molecular complexity index is 1500. The Morgan fingerprint density at radius 1 is 0.868 bits per heavy atom. The van der Waals surface area contributed by atoms with Gasteiger partial charge in [-0.15, -0.1) is 0 Å². The number of fused-ring (bicyclic) bond motifs is 2. The normalized spacial score (nSPS) is 15.5. The number of hydrogen-bond donors (Lipinski definition) is 1. The molecule has 1 fully saturated rings. The maximum atomic E-state index is 13.3. The number of pyridine rings is 1. The molecule has 38 heavy (non-hydrogen) atoms. The molecule has 3 heterocycles. The molecule has 6 rings (SSSR count). The monoisotopic (exact) mass is 525 g/mol. The summed E-state index contributed by atoms with van der Waals surface area (Å²) in [5.74, 6) is 0.833. The number of hydrogen-bond acceptors (Lipinski definition) is 5. The van der Waals surface area contributed by atoms with Crippen molar-refractivity contribution in [3.63, 3.8) is 0 Å². The first-order chi connectivity index (χ1) is 18.6. The zero-order chi connectivity index (χ0) is 26.1. The van der Waals surface area contributed by atoms with Crippen molar-refractivity contribution < 1.29 is 9.59 Å². The molecular weight excluding hydrogens is 498 g/mol. The highest BCUT2D eigenvalue weighted by molar-refractivity contribution is 6.30. The summed E-state index contributed by atoms with van der Waals surface area (Å²) in [6, 6.07) is 25.0. The minimum Gasteiger partial charge on any atom is -0.336 e. The first-order valence-electron chi connectivity index (χ1n) is 12.9. The van der Waals surface area contributed by atoms with Gasteiger partial charge in [-0.3, -0.25) is 14.5 Å². The van der Waals surface area contributed by atoms with Gasteiger partial charge in [0.15, 0.2) is 0 Å². The molecule has 1 aromatic heterocycles. The lowest BCUT2D eigenvalue weighted by atomic mass is 10.1. The molecule has 8 heteroatoms. The van der Waals surface area contributed by atoms with E-state index in [1.807, 2.05) is 83.8 Å². The van der Waals surface area contributed by atoms with E-state index in [1.54, 1.807) is 0 Å². The number of aromatic nitrogens is 1. The van der Waals surface area contributed by atoms with Gasteiger partial charge < -0.3 is 15.1 Å². The highest BCUT2D eigenvalue weighted by Crippen LogP contribution is 2.41. The van der Waals surface area contributed by atoms with Gasteiger partial charge in [0.25, 0.3) is 5.91 Å². The van der Waals surface area contributed by atoms with E-state index in [-0.39, 0.29) is 18.4 Å². The Kier molecular flexibility index (Phi) is 6.70. The number of halogens is 1. The third-order valence-electron chi connectivity index (χ3n) is 7.24. The topological polar surface area (TPSA) is 68.8 Å². The standard InChI is InChI=1S/C30H28ClN5O2/c31-22-9-6-10-23(19-22)36-14-13-25-28(24-11-4-5-12-26(24)32-29(25)36)33-27(37)20-34-15-17-35(18-16-34)30(38)21-7-2-1-3-8-21/h1-12,19H,13-18,20H2,(H,32,33,37). The summed E-state index contributed by atoms with van der Waals surface area (Å²) < 4.78 is 0. The van der Waals surface area contributed by atoms with Gasteiger partial charge in [-0.05, 0) is 42.8 Å². The van der Waals surface area contributed by atoms with E-state index in [2.05, 4.69) is 15.1 Å². The van der Waals surface area contributed by atoms with Crippen LogP contribution in [0.4, 0.5) is 17.2 Å². The molecule has 0 bridgehead atoms. The largest absolute Gasteiger partial charge is 0.336 e. The molecule has 0 unspecified atom stereocenters. The third-order valence-corrected chi connectivity index (χ3v) is 7.48. The number of rotatable bonds is 5. The van der Waals surface area contributed by atoms with Crippen molar-refractivity contribution in [3.8, 4) is 0 Å². The van der Waals surface area contributed by atoms with Crippen molar-refractivity contribution in [2.24, 2.45) is 0 Å². The van der Waals surface area contributed by atoms with Crippen LogP contribution in [0.5, 0.6) is 0 Å². The Labute approximate surface area is 226 Å². The van der Waals surface area contributed by atoms with Gasteiger partial charge in [0.2, 0.25) is 5.91 Å². The van der Waals surface area contributed by atoms with Gasteiger partial charge in [0.05, 0.1) is 17.7 Å². The van der Waals surface area contributed by atoms with Crippen LogP contribution >= 0.6 is 11.6 Å². The van der Waals surface area contributed by atoms with Crippen LogP contribution in [0, 0.1) is 0 Å². The summed E-state index contributed by atoms with van der Waals surface area (Å²) in [4.78, 5) is 37.1. The van der Waals surface area contributed by atoms with Crippen molar-refractivity contribution in [2.75, 3.05) is 49.5 Å². The molecule has 0 atom stereocenters. The number of piperazine rings is 1. The fourth-order valence-corrected chi connectivity index (χ4v) is 5.51. The van der Waals surface area contributed by atoms with Crippen LogP contribution in [0.3, 0.4) is 0 Å². The second-order valence-corrected chi connectivity index (χ2v) is 10.1. The minimum absolute atomic E-state index is 0.0396. The summed E-state index contributed by atoms with van der Waals surface area (Å²) >= 11 is 6.27. The maximum Gasteiger partial charge on any atom is 0.253 e. The summed E-state index contributed by atoms with van der Waals surface area (Å²) in [5.41, 5.74) is 4.39. The predicted octanol–water partition coefficient (Wildman–Crippen LogP) is 4.98. The number of carbonyl (C=O) groups excluding carboxylic acids is 2. The Morgan fingerprint density at radius 3 is 2.42 bits per heavy atom. The Balaban J connectivity index is 1.18. The van der Waals surface area contributed by atoms with Gasteiger partial charge in [-0.25, -0.2) is 4.98 Å². The lowest BCUT2D eigenvalue weighted by molar-refractivity contribution is -0.117. The fraction of sp³-hybridized carbons (Fsp3) is 0.233. The van der Waals surface area contributed by atoms with Gasteiger partial charge in [-0.1, -0.05) is 54.1 Å². The average molecular weight is 526 g/mol. The van der Waals surface area contributed by atoms with Crippen LogP contribution < -0.4 is 10.2 Å². The van der Waals surface area contributed by atoms with E-state index in [4.69, 9.17) is 16.6 Å². The molecule has 3 aromatic carbocycles. The van der Waals surface area contributed by atoms with Crippen LogP contribution in [0.2, 0.25) is 5.02 Å². The highest BCUT2D eigenvalue weighted by atomic mass is 35.5. The lowest BCUT2D eigenvalue weighted by Gasteiger charge is -2.34. The summed E-state index contributed by atoms with van der Waals surface area (Å²) in [7, 11) is 0. The second-order valence-electron chi connectivity index (χ2n) is 9.67. The van der Waals surface area contributed by atoms with Crippen LogP contribution in [0.15, 0.2) is 78.9 Å². The van der Waals surface area contributed by atoms with E-state index < -0.39 is 0 Å². The Hall–Kier alpha value is -3.94. The average Bonchev–Trinajstić information content (AvgIpc) is 3.37. The number of nitrogens with zero attached hydrogens (tertiary/aromatic N) is 4. The van der Waals surface area contributed by atoms with Crippen molar-refractivity contribution in [1.29, 1.82) is 0 Å². The van der Waals surface area contributed by atoms with Crippen LogP contribution in [0.25, 0.3) is 10.9 Å². The van der Waals surface area contributed by atoms with Crippen molar-refractivity contribution in [1.82, 2.24) is 14.8 Å². The smallest absolute Gasteiger partial charge is 0.253 e. The summed E-state index contributed by atoms with van der Waals surface area (Å²) in [6.07, 6.45) is 0.773. The molecule has 192 valence electrons. The van der Waals surface area contributed by atoms with Gasteiger partial charge in [-0.2, -0.15) is 0 Å². The van der Waals surface area contributed by atoms with Gasteiger partial charge >= 0.3 is 0 Å². The first kappa shape index (κ1) is 24.4. The van der Waals surface area contributed by atoms with Gasteiger partial charge in [0.1, 0.15) is 5.82 Å². The lowest BCUT2D eigenvalue weighted by Crippen LogP contribution is -2.50. The molecule has 2 aliphatic rings. The molecule has 0 aliphatic carbocycles. The molecule has 0 spiro atoms. The van der Waals surface area contributed by atoms with Gasteiger partial charge in [0, 0.05) is 59.9 Å². The first-order valence-corrected chi connectivity index (χ1v) is 13.3. The zero-order valence-corrected chi connectivity index (χ0v) is 21.7. The Morgan fingerprint density at radius 2 is 1.63 bits per heavy atom. The molecule has 2 aliphatic heterocycles. The highest BCUT2D eigenvalue weighted by Gasteiger charge is 2.28. The van der Waals surface area contributed by atoms with Crippen molar-refractivity contribution in [3.05, 3.63) is 95.0 Å². The molecule has 4 aromatic rings. The number of para-hydroxylation sites is 1. The number of nitrogens with one attached hydrogen (secondary N) is 1. The molecule has 2 amide bonds. The fourth-order valence-electron chi connectivity index (χ4n) is 5.32. The van der Waals surface area contributed by atoms with E-state index in [1.165, 1.54) is 0 Å². The molecule has 1 N–H and O–H groups in total. The minimum atomic E-state index is -0.0624. The van der Waals surface area contributed by atoms with E-state index in [0.29, 0.717) is 36.8 Å². The second kappa shape index (κ2) is 10.4. The van der Waals surface area contributed by atoms with E-state index in [9.17, 15) is 9.59 Å². The SMILES string of the molecule is O=C(CN1CCN(C(=O)c2ccccc2)CC1)Nc1c2c(nc3ccccc13)N(c1cccc(Cl)c1)CC2. The predicted molar refractivity (Wildman–Crippen MR) is 151 cm³/mol. The van der Waals surface area contributed by atoms with E-state index >= 15 is 0 Å². The number of benzene rings is 3. The van der Waals surface area contributed by atoms with E-state index in [0.717, 1.165) is 46.6 Å². The van der Waals surface area contributed by atoms with Crippen LogP contribution in [-0.4, -0.2) is 65.9 Å². The zero-order valence-electron chi connectivity index (χ0n) is 20.9. The molecule has 0 radical (unpaired) electrons. The van der Waals surface area contributed by atoms with Crippen molar-refractivity contribution >= 4 is 51.5 Å². The van der Waals surface area contributed by atoms with Crippen LogP contribution in [-0.2, 0) is 11.2 Å². The maximum absolute atomic E-state index is 13.3. The van der Waals surface area contributed by atoms with Crippen LogP contribution in [0.1, 0.15) is 15.9 Å². The molecule has 0 saturated carbocycles.